The molecule has 0 saturated heterocycles. The van der Waals surface area contributed by atoms with Gasteiger partial charge in [-0.15, -0.1) is 10.2 Å². The molecule has 94 valence electrons. The van der Waals surface area contributed by atoms with E-state index in [0.717, 1.165) is 42.6 Å². The van der Waals surface area contributed by atoms with Crippen LogP contribution in [0, 0.1) is 0 Å². The summed E-state index contributed by atoms with van der Waals surface area (Å²) in [7, 11) is 1.63. The van der Waals surface area contributed by atoms with Crippen LogP contribution in [0.4, 0.5) is 0 Å². The van der Waals surface area contributed by atoms with Crippen LogP contribution in [-0.4, -0.2) is 28.4 Å². The number of hydrogen-bond acceptors (Lipinski definition) is 4. The molecule has 1 aliphatic heterocycles. The summed E-state index contributed by atoms with van der Waals surface area (Å²) in [5, 5.41) is 12.4. The lowest BCUT2D eigenvalue weighted by molar-refractivity contribution is 0.415. The Morgan fingerprint density at radius 3 is 3.11 bits per heavy atom. The van der Waals surface area contributed by atoms with Gasteiger partial charge in [-0.25, -0.2) is 0 Å². The van der Waals surface area contributed by atoms with Gasteiger partial charge in [-0.05, 0) is 18.2 Å². The summed E-state index contributed by atoms with van der Waals surface area (Å²) in [6, 6.07) is 5.54. The van der Waals surface area contributed by atoms with Crippen molar-refractivity contribution in [2.45, 2.75) is 13.1 Å². The molecule has 0 radical (unpaired) electrons. The molecule has 1 aliphatic rings. The fourth-order valence-corrected chi connectivity index (χ4v) is 2.30. The van der Waals surface area contributed by atoms with Crippen molar-refractivity contribution in [3.8, 4) is 17.1 Å². The summed E-state index contributed by atoms with van der Waals surface area (Å²) in [5.74, 6) is 2.50. The molecule has 0 bridgehead atoms. The van der Waals surface area contributed by atoms with Crippen molar-refractivity contribution >= 4 is 11.6 Å². The molecule has 1 N–H and O–H groups in total. The van der Waals surface area contributed by atoms with Gasteiger partial charge in [0.15, 0.2) is 5.82 Å². The lowest BCUT2D eigenvalue weighted by Crippen LogP contribution is -2.28. The summed E-state index contributed by atoms with van der Waals surface area (Å²) in [6.07, 6.45) is 0. The first-order valence-corrected chi connectivity index (χ1v) is 6.14. The standard InChI is InChI=1S/C12H13ClN4O/c1-18-10-6-8(13)2-3-9(10)12-16-15-11-7-14-4-5-17(11)12/h2-3,6,14H,4-5,7H2,1H3. The first kappa shape index (κ1) is 11.5. The Kier molecular flexibility index (Phi) is 2.93. The van der Waals surface area contributed by atoms with Crippen LogP contribution >= 0.6 is 11.6 Å². The van der Waals surface area contributed by atoms with Gasteiger partial charge in [-0.3, -0.25) is 0 Å². The second-order valence-electron chi connectivity index (χ2n) is 4.11. The average molecular weight is 265 g/mol. The summed E-state index contributed by atoms with van der Waals surface area (Å²) < 4.78 is 7.47. The smallest absolute Gasteiger partial charge is 0.167 e. The zero-order chi connectivity index (χ0) is 12.5. The minimum atomic E-state index is 0.649. The van der Waals surface area contributed by atoms with E-state index < -0.39 is 0 Å². The maximum Gasteiger partial charge on any atom is 0.167 e. The highest BCUT2D eigenvalue weighted by Crippen LogP contribution is 2.31. The summed E-state index contributed by atoms with van der Waals surface area (Å²) in [4.78, 5) is 0. The van der Waals surface area contributed by atoms with Crippen LogP contribution in [0.1, 0.15) is 5.82 Å². The maximum atomic E-state index is 5.97. The number of nitrogens with one attached hydrogen (secondary N) is 1. The number of ether oxygens (including phenoxy) is 1. The Morgan fingerprint density at radius 2 is 2.28 bits per heavy atom. The zero-order valence-electron chi connectivity index (χ0n) is 9.98. The Labute approximate surface area is 110 Å². The number of hydrogen-bond donors (Lipinski definition) is 1. The summed E-state index contributed by atoms with van der Waals surface area (Å²) >= 11 is 5.97. The van der Waals surface area contributed by atoms with Crippen molar-refractivity contribution in [3.05, 3.63) is 29.0 Å². The first-order chi connectivity index (χ1) is 8.79. The molecular formula is C12H13ClN4O. The van der Waals surface area contributed by atoms with E-state index >= 15 is 0 Å². The van der Waals surface area contributed by atoms with Gasteiger partial charge in [0.1, 0.15) is 11.6 Å². The average Bonchev–Trinajstić information content (AvgIpc) is 2.82. The molecule has 0 atom stereocenters. The number of halogens is 1. The molecule has 3 rings (SSSR count). The Morgan fingerprint density at radius 1 is 1.39 bits per heavy atom. The number of methoxy groups -OCH3 is 1. The van der Waals surface area contributed by atoms with Gasteiger partial charge in [0.2, 0.25) is 0 Å². The van der Waals surface area contributed by atoms with E-state index in [1.807, 2.05) is 12.1 Å². The number of fused-ring (bicyclic) bond motifs is 1. The van der Waals surface area contributed by atoms with Gasteiger partial charge < -0.3 is 14.6 Å². The molecule has 0 saturated carbocycles. The normalized spacial score (nSPS) is 14.3. The van der Waals surface area contributed by atoms with Crippen LogP contribution in [-0.2, 0) is 13.1 Å². The van der Waals surface area contributed by atoms with Gasteiger partial charge in [0.25, 0.3) is 0 Å². The van der Waals surface area contributed by atoms with E-state index in [-0.39, 0.29) is 0 Å². The van der Waals surface area contributed by atoms with Crippen LogP contribution < -0.4 is 10.1 Å². The maximum absolute atomic E-state index is 5.97. The van der Waals surface area contributed by atoms with Crippen molar-refractivity contribution in [1.82, 2.24) is 20.1 Å². The molecule has 0 fully saturated rings. The van der Waals surface area contributed by atoms with E-state index in [0.29, 0.717) is 5.02 Å². The van der Waals surface area contributed by atoms with E-state index in [9.17, 15) is 0 Å². The molecule has 0 amide bonds. The molecule has 0 spiro atoms. The molecule has 2 heterocycles. The molecule has 0 unspecified atom stereocenters. The Hall–Kier alpha value is -1.59. The highest BCUT2D eigenvalue weighted by atomic mass is 35.5. The lowest BCUT2D eigenvalue weighted by Gasteiger charge is -2.17. The topological polar surface area (TPSA) is 52.0 Å². The minimum absolute atomic E-state index is 0.649. The van der Waals surface area contributed by atoms with Gasteiger partial charge in [-0.1, -0.05) is 11.6 Å². The third-order valence-electron chi connectivity index (χ3n) is 3.03. The Balaban J connectivity index is 2.12. The quantitative estimate of drug-likeness (QED) is 0.897. The number of aromatic nitrogens is 3. The van der Waals surface area contributed by atoms with Crippen molar-refractivity contribution in [3.63, 3.8) is 0 Å². The monoisotopic (exact) mass is 264 g/mol. The van der Waals surface area contributed by atoms with E-state index in [1.54, 1.807) is 13.2 Å². The van der Waals surface area contributed by atoms with Gasteiger partial charge in [0.05, 0.1) is 19.2 Å². The zero-order valence-corrected chi connectivity index (χ0v) is 10.7. The number of benzene rings is 1. The number of rotatable bonds is 2. The van der Waals surface area contributed by atoms with Gasteiger partial charge in [0, 0.05) is 18.1 Å². The highest BCUT2D eigenvalue weighted by Gasteiger charge is 2.19. The predicted molar refractivity (Wildman–Crippen MR) is 68.7 cm³/mol. The molecular weight excluding hydrogens is 252 g/mol. The van der Waals surface area contributed by atoms with Crippen LogP contribution in [0.3, 0.4) is 0 Å². The molecule has 2 aromatic rings. The molecule has 5 nitrogen and oxygen atoms in total. The third kappa shape index (κ3) is 1.85. The highest BCUT2D eigenvalue weighted by molar-refractivity contribution is 6.30. The second-order valence-corrected chi connectivity index (χ2v) is 4.55. The largest absolute Gasteiger partial charge is 0.496 e. The van der Waals surface area contributed by atoms with Gasteiger partial charge in [-0.2, -0.15) is 0 Å². The van der Waals surface area contributed by atoms with E-state index in [2.05, 4.69) is 20.1 Å². The van der Waals surface area contributed by atoms with Gasteiger partial charge >= 0.3 is 0 Å². The van der Waals surface area contributed by atoms with Crippen LogP contribution in [0.5, 0.6) is 5.75 Å². The number of nitrogens with zero attached hydrogens (tertiary/aromatic N) is 3. The lowest BCUT2D eigenvalue weighted by atomic mass is 10.2. The SMILES string of the molecule is COc1cc(Cl)ccc1-c1nnc2n1CCNC2. The van der Waals surface area contributed by atoms with Crippen molar-refractivity contribution < 1.29 is 4.74 Å². The summed E-state index contributed by atoms with van der Waals surface area (Å²) in [5.41, 5.74) is 0.919. The van der Waals surface area contributed by atoms with Crippen LogP contribution in [0.25, 0.3) is 11.4 Å². The van der Waals surface area contributed by atoms with Crippen molar-refractivity contribution in [2.75, 3.05) is 13.7 Å². The second kappa shape index (κ2) is 4.59. The molecule has 0 aliphatic carbocycles. The third-order valence-corrected chi connectivity index (χ3v) is 3.26. The molecule has 1 aromatic heterocycles. The first-order valence-electron chi connectivity index (χ1n) is 5.76. The van der Waals surface area contributed by atoms with E-state index in [4.69, 9.17) is 16.3 Å². The fourth-order valence-electron chi connectivity index (χ4n) is 2.14. The van der Waals surface area contributed by atoms with E-state index in [1.165, 1.54) is 0 Å². The Bertz CT molecular complexity index is 581. The predicted octanol–water partition coefficient (Wildman–Crippen LogP) is 1.71. The van der Waals surface area contributed by atoms with Crippen molar-refractivity contribution in [1.29, 1.82) is 0 Å². The summed E-state index contributed by atoms with van der Waals surface area (Å²) in [6.45, 7) is 2.54. The molecule has 1 aromatic carbocycles. The van der Waals surface area contributed by atoms with Crippen molar-refractivity contribution in [2.24, 2.45) is 0 Å². The minimum Gasteiger partial charge on any atom is -0.496 e. The molecule has 6 heteroatoms. The van der Waals surface area contributed by atoms with Crippen LogP contribution in [0.15, 0.2) is 18.2 Å². The molecule has 18 heavy (non-hydrogen) atoms. The fraction of sp³-hybridized carbons (Fsp3) is 0.333. The van der Waals surface area contributed by atoms with Crippen LogP contribution in [0.2, 0.25) is 5.02 Å².